The monoisotopic (exact) mass is 658 g/mol. The first-order chi connectivity index (χ1) is 21.4. The fourth-order valence-corrected chi connectivity index (χ4v) is 6.15. The SMILES string of the molecule is COC(=O)N(C)C(=O)C(Cc1ccc(Cl)cc1)(NC(=O)CCNS(=O)(=O)c1ccc2ccccc2c1)OC(=O)N1CCCCC1. The van der Waals surface area contributed by atoms with Crippen molar-refractivity contribution in [2.45, 2.75) is 42.7 Å². The number of halogens is 1. The van der Waals surface area contributed by atoms with Gasteiger partial charge in [0.2, 0.25) is 15.9 Å². The average molecular weight is 659 g/mol. The van der Waals surface area contributed by atoms with Crippen LogP contribution < -0.4 is 10.0 Å². The third kappa shape index (κ3) is 8.50. The van der Waals surface area contributed by atoms with E-state index in [9.17, 15) is 27.6 Å². The van der Waals surface area contributed by atoms with Gasteiger partial charge in [0.25, 0.3) is 11.6 Å². The van der Waals surface area contributed by atoms with E-state index in [0.717, 1.165) is 44.2 Å². The van der Waals surface area contributed by atoms with Crippen LogP contribution in [0.4, 0.5) is 9.59 Å². The molecule has 0 radical (unpaired) electrons. The number of piperidine rings is 1. The van der Waals surface area contributed by atoms with Crippen molar-refractivity contribution < 1.29 is 37.1 Å². The molecule has 1 aliphatic rings. The van der Waals surface area contributed by atoms with E-state index >= 15 is 0 Å². The number of nitrogens with one attached hydrogen (secondary N) is 2. The summed E-state index contributed by atoms with van der Waals surface area (Å²) < 4.78 is 38.9. The predicted molar refractivity (Wildman–Crippen MR) is 167 cm³/mol. The molecule has 1 heterocycles. The van der Waals surface area contributed by atoms with Crippen molar-refractivity contribution >= 4 is 56.4 Å². The van der Waals surface area contributed by atoms with Gasteiger partial charge in [-0.15, -0.1) is 0 Å². The molecule has 2 N–H and O–H groups in total. The fourth-order valence-electron chi connectivity index (χ4n) is 4.95. The van der Waals surface area contributed by atoms with Crippen molar-refractivity contribution in [1.82, 2.24) is 19.8 Å². The van der Waals surface area contributed by atoms with Gasteiger partial charge in [0.15, 0.2) is 0 Å². The molecule has 0 spiro atoms. The largest absolute Gasteiger partial charge is 0.452 e. The maximum Gasteiger partial charge on any atom is 0.416 e. The van der Waals surface area contributed by atoms with Crippen molar-refractivity contribution in [3.8, 4) is 0 Å². The number of methoxy groups -OCH3 is 1. The molecule has 45 heavy (non-hydrogen) atoms. The van der Waals surface area contributed by atoms with E-state index in [-0.39, 0.29) is 17.9 Å². The summed E-state index contributed by atoms with van der Waals surface area (Å²) in [5.41, 5.74) is -1.94. The summed E-state index contributed by atoms with van der Waals surface area (Å²) in [6, 6.07) is 18.2. The van der Waals surface area contributed by atoms with Gasteiger partial charge < -0.3 is 19.7 Å². The molecule has 0 bridgehead atoms. The number of amides is 4. The third-order valence-electron chi connectivity index (χ3n) is 7.36. The number of benzene rings is 3. The highest BCUT2D eigenvalue weighted by Crippen LogP contribution is 2.24. The predicted octanol–water partition coefficient (Wildman–Crippen LogP) is 4.06. The Labute approximate surface area is 266 Å². The number of nitrogens with zero attached hydrogens (tertiary/aromatic N) is 2. The van der Waals surface area contributed by atoms with Crippen LogP contribution in [0.25, 0.3) is 10.8 Å². The summed E-state index contributed by atoms with van der Waals surface area (Å²) in [6.07, 6.45) is -0.294. The molecule has 4 rings (SSSR count). The lowest BCUT2D eigenvalue weighted by Crippen LogP contribution is -2.64. The van der Waals surface area contributed by atoms with E-state index in [1.165, 1.54) is 17.0 Å². The number of imide groups is 1. The first-order valence-corrected chi connectivity index (χ1v) is 16.2. The molecule has 12 nitrogen and oxygen atoms in total. The molecule has 1 atom stereocenters. The molecule has 1 fully saturated rings. The minimum Gasteiger partial charge on any atom is -0.452 e. The van der Waals surface area contributed by atoms with E-state index < -0.39 is 46.2 Å². The number of likely N-dealkylation sites (tertiary alicyclic amines) is 1. The summed E-state index contributed by atoms with van der Waals surface area (Å²) in [5.74, 6) is -1.89. The minimum absolute atomic E-state index is 0.0176. The number of ether oxygens (including phenoxy) is 2. The van der Waals surface area contributed by atoms with E-state index in [1.54, 1.807) is 42.5 Å². The highest BCUT2D eigenvalue weighted by atomic mass is 35.5. The van der Waals surface area contributed by atoms with Crippen LogP contribution in [-0.2, 0) is 35.5 Å². The normalized spacial score (nSPS) is 14.7. The molecular weight excluding hydrogens is 624 g/mol. The fraction of sp³-hybridized carbons (Fsp3) is 0.355. The maximum atomic E-state index is 13.9. The first kappa shape index (κ1) is 33.7. The Hall–Kier alpha value is -4.20. The zero-order valence-corrected chi connectivity index (χ0v) is 26.5. The van der Waals surface area contributed by atoms with Gasteiger partial charge in [-0.3, -0.25) is 9.59 Å². The lowest BCUT2D eigenvalue weighted by atomic mass is 10.00. The molecule has 3 aromatic rings. The molecule has 3 aromatic carbocycles. The van der Waals surface area contributed by atoms with Crippen molar-refractivity contribution in [2.24, 2.45) is 0 Å². The summed E-state index contributed by atoms with van der Waals surface area (Å²) >= 11 is 6.04. The van der Waals surface area contributed by atoms with Crippen LogP contribution in [0.5, 0.6) is 0 Å². The second-order valence-corrected chi connectivity index (χ2v) is 12.8. The summed E-state index contributed by atoms with van der Waals surface area (Å²) in [4.78, 5) is 55.0. The molecule has 0 aromatic heterocycles. The standard InChI is InChI=1S/C31H35ClN4O8S/c1-35(29(39)43-2)28(38)31(21-22-10-13-25(32)14-11-22,44-30(40)36-18-6-3-7-19-36)34-27(37)16-17-33-45(41,42)26-15-12-23-8-4-5-9-24(23)20-26/h4-5,8-15,20,33H,3,6-7,16-19,21H2,1-2H3,(H,34,37). The van der Waals surface area contributed by atoms with Crippen LogP contribution in [0.1, 0.15) is 31.2 Å². The number of rotatable bonds is 10. The number of sulfonamides is 1. The zero-order valence-electron chi connectivity index (χ0n) is 25.0. The molecule has 14 heteroatoms. The van der Waals surface area contributed by atoms with Crippen LogP contribution in [0.15, 0.2) is 71.6 Å². The Morgan fingerprint density at radius 1 is 0.956 bits per heavy atom. The number of likely N-dealkylation sites (N-methyl/N-ethyl adjacent to an activating group) is 1. The molecule has 0 aliphatic carbocycles. The van der Waals surface area contributed by atoms with E-state index in [4.69, 9.17) is 21.1 Å². The van der Waals surface area contributed by atoms with Crippen LogP contribution >= 0.6 is 11.6 Å². The Bertz CT molecular complexity index is 1660. The van der Waals surface area contributed by atoms with Crippen LogP contribution in [0, 0.1) is 0 Å². The highest BCUT2D eigenvalue weighted by molar-refractivity contribution is 7.89. The summed E-state index contributed by atoms with van der Waals surface area (Å²) in [6.45, 7) is 0.446. The van der Waals surface area contributed by atoms with Crippen molar-refractivity contribution in [3.63, 3.8) is 0 Å². The van der Waals surface area contributed by atoms with Gasteiger partial charge in [-0.05, 0) is 59.9 Å². The third-order valence-corrected chi connectivity index (χ3v) is 9.07. The highest BCUT2D eigenvalue weighted by Gasteiger charge is 2.48. The lowest BCUT2D eigenvalue weighted by Gasteiger charge is -2.37. The van der Waals surface area contributed by atoms with Crippen LogP contribution in [0.2, 0.25) is 5.02 Å². The molecule has 1 saturated heterocycles. The Morgan fingerprint density at radius 3 is 2.29 bits per heavy atom. The number of fused-ring (bicyclic) bond motifs is 1. The minimum atomic E-state index is -3.99. The number of carbonyl (C=O) groups excluding carboxylic acids is 4. The zero-order chi connectivity index (χ0) is 32.6. The molecule has 1 aliphatic heterocycles. The smallest absolute Gasteiger partial charge is 0.416 e. The summed E-state index contributed by atoms with van der Waals surface area (Å²) in [7, 11) is -1.79. The Balaban J connectivity index is 1.58. The van der Waals surface area contributed by atoms with Crippen molar-refractivity contribution in [2.75, 3.05) is 33.8 Å². The lowest BCUT2D eigenvalue weighted by molar-refractivity contribution is -0.157. The summed E-state index contributed by atoms with van der Waals surface area (Å²) in [5, 5.41) is 4.51. The van der Waals surface area contributed by atoms with Crippen LogP contribution in [0.3, 0.4) is 0 Å². The van der Waals surface area contributed by atoms with Gasteiger partial charge in [0.1, 0.15) is 0 Å². The second-order valence-electron chi connectivity index (χ2n) is 10.6. The van der Waals surface area contributed by atoms with Gasteiger partial charge in [-0.1, -0.05) is 54.1 Å². The van der Waals surface area contributed by atoms with Crippen molar-refractivity contribution in [3.05, 3.63) is 77.3 Å². The number of carbonyl (C=O) groups is 4. The average Bonchev–Trinajstić information content (AvgIpc) is 3.04. The quantitative estimate of drug-likeness (QED) is 0.310. The van der Waals surface area contributed by atoms with Gasteiger partial charge >= 0.3 is 12.2 Å². The number of hydrogen-bond donors (Lipinski definition) is 2. The Morgan fingerprint density at radius 2 is 1.62 bits per heavy atom. The van der Waals surface area contributed by atoms with Gasteiger partial charge in [-0.2, -0.15) is 0 Å². The van der Waals surface area contributed by atoms with E-state index in [2.05, 4.69) is 10.0 Å². The molecule has 1 unspecified atom stereocenters. The van der Waals surface area contributed by atoms with Gasteiger partial charge in [0.05, 0.1) is 12.0 Å². The van der Waals surface area contributed by atoms with Crippen molar-refractivity contribution in [1.29, 1.82) is 0 Å². The van der Waals surface area contributed by atoms with E-state index in [1.807, 2.05) is 12.1 Å². The topological polar surface area (TPSA) is 151 Å². The van der Waals surface area contributed by atoms with Crippen LogP contribution in [-0.4, -0.2) is 81.7 Å². The Kier molecular flexibility index (Phi) is 11.0. The van der Waals surface area contributed by atoms with Gasteiger partial charge in [0, 0.05) is 44.5 Å². The number of hydrogen-bond acceptors (Lipinski definition) is 8. The van der Waals surface area contributed by atoms with E-state index in [0.29, 0.717) is 28.6 Å². The molecule has 4 amide bonds. The maximum absolute atomic E-state index is 13.9. The van der Waals surface area contributed by atoms with Gasteiger partial charge in [-0.25, -0.2) is 27.6 Å². The molecular formula is C31H35ClN4O8S. The second kappa shape index (κ2) is 14.7. The molecule has 240 valence electrons. The first-order valence-electron chi connectivity index (χ1n) is 14.3. The molecule has 0 saturated carbocycles.